The Labute approximate surface area is 234 Å². The van der Waals surface area contributed by atoms with Gasteiger partial charge in [0.2, 0.25) is 0 Å². The van der Waals surface area contributed by atoms with Crippen LogP contribution in [0, 0.1) is 20.8 Å². The van der Waals surface area contributed by atoms with Crippen molar-refractivity contribution in [3.05, 3.63) is 106 Å². The van der Waals surface area contributed by atoms with E-state index >= 15 is 0 Å². The molecular weight excluding hydrogens is 516 g/mol. The first-order chi connectivity index (χ1) is 18.4. The van der Waals surface area contributed by atoms with Crippen molar-refractivity contribution in [3.8, 4) is 11.4 Å². The standard InChI is InChI=1S/C30H31ClN4O2S/c1-19-20(2)34(22-10-6-5-7-11-22)21(3)27(19)29-28(25-12-8-9-15-32-25)33-30(38)35(29)23-13-14-26(24(31)18-23)37-17-16-36-4/h5-15,18,28-29H,16-17H2,1-4H3,(H,33,38). The van der Waals surface area contributed by atoms with Crippen LogP contribution in [0.15, 0.2) is 72.9 Å². The van der Waals surface area contributed by atoms with Crippen molar-refractivity contribution in [1.82, 2.24) is 14.9 Å². The van der Waals surface area contributed by atoms with E-state index in [-0.39, 0.29) is 12.1 Å². The van der Waals surface area contributed by atoms with Crippen LogP contribution in [-0.2, 0) is 4.74 Å². The van der Waals surface area contributed by atoms with Crippen molar-refractivity contribution < 1.29 is 9.47 Å². The van der Waals surface area contributed by atoms with E-state index in [0.29, 0.717) is 29.1 Å². The second kappa shape index (κ2) is 11.2. The average Bonchev–Trinajstić information content (AvgIpc) is 3.37. The molecule has 0 radical (unpaired) electrons. The van der Waals surface area contributed by atoms with Crippen LogP contribution in [0.3, 0.4) is 0 Å². The number of benzene rings is 2. The lowest BCUT2D eigenvalue weighted by molar-refractivity contribution is 0.146. The van der Waals surface area contributed by atoms with Gasteiger partial charge in [0, 0.05) is 41.6 Å². The number of nitrogens with one attached hydrogen (secondary N) is 1. The SMILES string of the molecule is COCCOc1ccc(N2C(=S)NC(c3ccccn3)C2c2c(C)c(C)n(-c3ccccc3)c2C)cc1Cl. The molecule has 8 heteroatoms. The highest BCUT2D eigenvalue weighted by molar-refractivity contribution is 7.80. The number of methoxy groups -OCH3 is 1. The summed E-state index contributed by atoms with van der Waals surface area (Å²) in [4.78, 5) is 6.86. The second-order valence-corrected chi connectivity index (χ2v) is 10.1. The zero-order valence-corrected chi connectivity index (χ0v) is 23.5. The second-order valence-electron chi connectivity index (χ2n) is 9.33. The summed E-state index contributed by atoms with van der Waals surface area (Å²) in [5.41, 5.74) is 7.74. The fourth-order valence-electron chi connectivity index (χ4n) is 5.32. The minimum absolute atomic E-state index is 0.141. The normalized spacial score (nSPS) is 17.1. The Balaban J connectivity index is 1.64. The summed E-state index contributed by atoms with van der Waals surface area (Å²) in [6, 6.07) is 21.9. The molecule has 5 rings (SSSR count). The summed E-state index contributed by atoms with van der Waals surface area (Å²) >= 11 is 12.6. The quantitative estimate of drug-likeness (QED) is 0.197. The molecule has 2 atom stereocenters. The van der Waals surface area contributed by atoms with Crippen LogP contribution in [0.2, 0.25) is 5.02 Å². The van der Waals surface area contributed by atoms with Gasteiger partial charge < -0.3 is 24.3 Å². The lowest BCUT2D eigenvalue weighted by Gasteiger charge is -2.29. The summed E-state index contributed by atoms with van der Waals surface area (Å²) in [5, 5.41) is 4.71. The molecular formula is C30H31ClN4O2S. The third kappa shape index (κ3) is 4.77. The fraction of sp³-hybridized carbons (Fsp3) is 0.267. The maximum atomic E-state index is 6.68. The van der Waals surface area contributed by atoms with Crippen molar-refractivity contribution in [2.45, 2.75) is 32.9 Å². The molecule has 1 fully saturated rings. The van der Waals surface area contributed by atoms with Gasteiger partial charge in [0.15, 0.2) is 5.11 Å². The molecule has 1 aliphatic heterocycles. The number of nitrogens with zero attached hydrogens (tertiary/aromatic N) is 3. The first kappa shape index (κ1) is 26.2. The van der Waals surface area contributed by atoms with Crippen molar-refractivity contribution >= 4 is 34.6 Å². The van der Waals surface area contributed by atoms with Gasteiger partial charge in [-0.05, 0) is 81.0 Å². The molecule has 1 N–H and O–H groups in total. The number of hydrogen-bond acceptors (Lipinski definition) is 4. The molecule has 2 aromatic heterocycles. The molecule has 0 aliphatic carbocycles. The van der Waals surface area contributed by atoms with Crippen LogP contribution in [0.1, 0.15) is 40.3 Å². The van der Waals surface area contributed by atoms with Crippen LogP contribution in [0.5, 0.6) is 5.75 Å². The molecule has 1 saturated heterocycles. The molecule has 0 bridgehead atoms. The number of aromatic nitrogens is 2. The van der Waals surface area contributed by atoms with Gasteiger partial charge >= 0.3 is 0 Å². The van der Waals surface area contributed by atoms with Crippen LogP contribution < -0.4 is 15.0 Å². The molecule has 4 aromatic rings. The highest BCUT2D eigenvalue weighted by Gasteiger charge is 2.43. The number of pyridine rings is 1. The number of thiocarbonyl (C=S) groups is 1. The van der Waals surface area contributed by atoms with E-state index in [4.69, 9.17) is 38.3 Å². The van der Waals surface area contributed by atoms with E-state index in [0.717, 1.165) is 17.1 Å². The largest absolute Gasteiger partial charge is 0.490 e. The minimum atomic E-state index is -0.150. The van der Waals surface area contributed by atoms with Gasteiger partial charge in [0.05, 0.1) is 29.4 Å². The zero-order valence-electron chi connectivity index (χ0n) is 21.9. The van der Waals surface area contributed by atoms with Crippen LogP contribution in [0.25, 0.3) is 5.69 Å². The smallest absolute Gasteiger partial charge is 0.174 e. The molecule has 2 unspecified atom stereocenters. The summed E-state index contributed by atoms with van der Waals surface area (Å²) in [6.45, 7) is 7.45. The molecule has 0 amide bonds. The summed E-state index contributed by atoms with van der Waals surface area (Å²) in [6.07, 6.45) is 1.82. The lowest BCUT2D eigenvalue weighted by atomic mass is 9.93. The number of anilines is 1. The molecule has 38 heavy (non-hydrogen) atoms. The maximum absolute atomic E-state index is 6.68. The Bertz CT molecular complexity index is 1440. The van der Waals surface area contributed by atoms with E-state index in [1.165, 1.54) is 22.5 Å². The van der Waals surface area contributed by atoms with E-state index in [9.17, 15) is 0 Å². The van der Waals surface area contributed by atoms with E-state index < -0.39 is 0 Å². The minimum Gasteiger partial charge on any atom is -0.490 e. The van der Waals surface area contributed by atoms with E-state index in [1.54, 1.807) is 7.11 Å². The summed E-state index contributed by atoms with van der Waals surface area (Å²) in [7, 11) is 1.64. The van der Waals surface area contributed by atoms with E-state index in [2.05, 4.69) is 59.8 Å². The first-order valence-electron chi connectivity index (χ1n) is 12.6. The summed E-state index contributed by atoms with van der Waals surface area (Å²) < 4.78 is 13.2. The van der Waals surface area contributed by atoms with Crippen molar-refractivity contribution in [1.29, 1.82) is 0 Å². The van der Waals surface area contributed by atoms with Crippen LogP contribution in [0.4, 0.5) is 5.69 Å². The Hall–Kier alpha value is -3.39. The van der Waals surface area contributed by atoms with Gasteiger partial charge in [-0.3, -0.25) is 4.98 Å². The average molecular weight is 547 g/mol. The molecule has 1 aliphatic rings. The van der Waals surface area contributed by atoms with Gasteiger partial charge in [-0.15, -0.1) is 0 Å². The predicted molar refractivity (Wildman–Crippen MR) is 157 cm³/mol. The number of hydrogen-bond donors (Lipinski definition) is 1. The highest BCUT2D eigenvalue weighted by Crippen LogP contribution is 2.46. The number of para-hydroxylation sites is 1. The van der Waals surface area contributed by atoms with Gasteiger partial charge in [-0.1, -0.05) is 35.9 Å². The van der Waals surface area contributed by atoms with Crippen molar-refractivity contribution in [3.63, 3.8) is 0 Å². The Morgan fingerprint density at radius 1 is 0.947 bits per heavy atom. The topological polar surface area (TPSA) is 51.6 Å². The number of rotatable bonds is 8. The highest BCUT2D eigenvalue weighted by atomic mass is 35.5. The monoisotopic (exact) mass is 546 g/mol. The van der Waals surface area contributed by atoms with Crippen molar-refractivity contribution in [2.24, 2.45) is 0 Å². The van der Waals surface area contributed by atoms with Gasteiger partial charge in [-0.2, -0.15) is 0 Å². The first-order valence-corrected chi connectivity index (χ1v) is 13.4. The van der Waals surface area contributed by atoms with E-state index in [1.807, 2.05) is 48.7 Å². The predicted octanol–water partition coefficient (Wildman–Crippen LogP) is 6.65. The van der Waals surface area contributed by atoms with Gasteiger partial charge in [0.25, 0.3) is 0 Å². The Morgan fingerprint density at radius 2 is 1.71 bits per heavy atom. The van der Waals surface area contributed by atoms with Gasteiger partial charge in [0.1, 0.15) is 12.4 Å². The molecule has 0 spiro atoms. The van der Waals surface area contributed by atoms with Crippen molar-refractivity contribution in [2.75, 3.05) is 25.2 Å². The molecule has 2 aromatic carbocycles. The molecule has 6 nitrogen and oxygen atoms in total. The lowest BCUT2D eigenvalue weighted by Crippen LogP contribution is -2.29. The molecule has 3 heterocycles. The Kier molecular flexibility index (Phi) is 7.70. The Morgan fingerprint density at radius 3 is 2.39 bits per heavy atom. The number of ether oxygens (including phenoxy) is 2. The third-order valence-electron chi connectivity index (χ3n) is 7.15. The van der Waals surface area contributed by atoms with Gasteiger partial charge in [-0.25, -0.2) is 0 Å². The molecule has 196 valence electrons. The number of halogens is 1. The van der Waals surface area contributed by atoms with Crippen LogP contribution >= 0.6 is 23.8 Å². The maximum Gasteiger partial charge on any atom is 0.174 e. The fourth-order valence-corrected chi connectivity index (χ4v) is 5.90. The van der Waals surface area contributed by atoms with Crippen LogP contribution in [-0.4, -0.2) is 35.0 Å². The third-order valence-corrected chi connectivity index (χ3v) is 7.76. The zero-order chi connectivity index (χ0) is 26.8. The summed E-state index contributed by atoms with van der Waals surface area (Å²) in [5.74, 6) is 0.613. The molecule has 0 saturated carbocycles.